The quantitative estimate of drug-likeness (QED) is 0.507. The minimum absolute atomic E-state index is 0.0161. The number of nitrogens with zero attached hydrogens (tertiary/aromatic N) is 3. The predicted molar refractivity (Wildman–Crippen MR) is 124 cm³/mol. The highest BCUT2D eigenvalue weighted by molar-refractivity contribution is 7.90. The van der Waals surface area contributed by atoms with Crippen LogP contribution < -0.4 is 5.32 Å². The molecule has 3 rings (SSSR count). The number of halogens is 3. The number of rotatable bonds is 9. The van der Waals surface area contributed by atoms with Crippen LogP contribution in [0.3, 0.4) is 0 Å². The second kappa shape index (κ2) is 10.0. The standard InChI is InChI=1S/C22H29F3N4O2S2/c1-4-26-20(32)28(12-15(2)3)13-19-11-27-21(29(19)18-8-9-18)33(30,31)14-16-6-5-7-17(10-16)22(23,24)25/h5-7,10-11,15,18H,4,8-9,12-14H2,1-3H3,(H,26,32). The molecule has 1 aliphatic carbocycles. The average molecular weight is 503 g/mol. The number of hydrogen-bond acceptors (Lipinski definition) is 4. The summed E-state index contributed by atoms with van der Waals surface area (Å²) in [6.45, 7) is 7.86. The number of alkyl halides is 3. The van der Waals surface area contributed by atoms with Crippen LogP contribution in [0.4, 0.5) is 13.2 Å². The molecule has 1 aromatic heterocycles. The Morgan fingerprint density at radius 3 is 2.61 bits per heavy atom. The third-order valence-corrected chi connectivity index (χ3v) is 7.17. The van der Waals surface area contributed by atoms with Gasteiger partial charge in [-0.3, -0.25) is 0 Å². The molecule has 1 heterocycles. The Labute approximate surface area is 198 Å². The van der Waals surface area contributed by atoms with Gasteiger partial charge in [-0.25, -0.2) is 13.4 Å². The Bertz CT molecular complexity index is 1090. The predicted octanol–water partition coefficient (Wildman–Crippen LogP) is 4.56. The van der Waals surface area contributed by atoms with Crippen LogP contribution in [0.25, 0.3) is 0 Å². The Hall–Kier alpha value is -2.14. The summed E-state index contributed by atoms with van der Waals surface area (Å²) < 4.78 is 67.3. The summed E-state index contributed by atoms with van der Waals surface area (Å²) in [5.74, 6) is -0.214. The first kappa shape index (κ1) is 25.5. The lowest BCUT2D eigenvalue weighted by Gasteiger charge is -2.27. The van der Waals surface area contributed by atoms with Gasteiger partial charge in [-0.15, -0.1) is 0 Å². The van der Waals surface area contributed by atoms with Gasteiger partial charge < -0.3 is 14.8 Å². The third-order valence-electron chi connectivity index (χ3n) is 5.19. The number of hydrogen-bond donors (Lipinski definition) is 1. The lowest BCUT2D eigenvalue weighted by atomic mass is 10.1. The molecule has 33 heavy (non-hydrogen) atoms. The number of imidazole rings is 1. The smallest absolute Gasteiger partial charge is 0.363 e. The summed E-state index contributed by atoms with van der Waals surface area (Å²) in [4.78, 5) is 6.21. The normalized spacial score (nSPS) is 14.5. The van der Waals surface area contributed by atoms with Crippen molar-refractivity contribution in [1.29, 1.82) is 0 Å². The van der Waals surface area contributed by atoms with Crippen molar-refractivity contribution in [3.05, 3.63) is 47.3 Å². The largest absolute Gasteiger partial charge is 0.416 e. The first-order chi connectivity index (χ1) is 15.4. The van der Waals surface area contributed by atoms with E-state index < -0.39 is 27.3 Å². The van der Waals surface area contributed by atoms with E-state index in [0.717, 1.165) is 30.7 Å². The zero-order chi connectivity index (χ0) is 24.4. The molecule has 6 nitrogen and oxygen atoms in total. The summed E-state index contributed by atoms with van der Waals surface area (Å²) in [5.41, 5.74) is -0.0739. The molecule has 1 aromatic carbocycles. The van der Waals surface area contributed by atoms with Gasteiger partial charge in [-0.05, 0) is 49.5 Å². The van der Waals surface area contributed by atoms with Crippen molar-refractivity contribution >= 4 is 27.2 Å². The van der Waals surface area contributed by atoms with Gasteiger partial charge in [0.05, 0.1) is 29.8 Å². The summed E-state index contributed by atoms with van der Waals surface area (Å²) in [6.07, 6.45) is -1.34. The van der Waals surface area contributed by atoms with E-state index in [2.05, 4.69) is 24.1 Å². The first-order valence-electron chi connectivity index (χ1n) is 10.9. The Morgan fingerprint density at radius 2 is 2.03 bits per heavy atom. The van der Waals surface area contributed by atoms with Crippen molar-refractivity contribution < 1.29 is 21.6 Å². The first-order valence-corrected chi connectivity index (χ1v) is 13.0. The maximum Gasteiger partial charge on any atom is 0.416 e. The van der Waals surface area contributed by atoms with Crippen molar-refractivity contribution in [1.82, 2.24) is 19.8 Å². The van der Waals surface area contributed by atoms with Crippen LogP contribution >= 0.6 is 12.2 Å². The van der Waals surface area contributed by atoms with Crippen molar-refractivity contribution in [2.45, 2.75) is 63.3 Å². The van der Waals surface area contributed by atoms with Crippen LogP contribution in [-0.4, -0.2) is 41.1 Å². The van der Waals surface area contributed by atoms with Gasteiger partial charge in [0.25, 0.3) is 0 Å². The SMILES string of the molecule is CCNC(=S)N(Cc1cnc(S(=O)(=O)Cc2cccc(C(F)(F)F)c2)n1C1CC1)CC(C)C. The molecule has 2 aromatic rings. The van der Waals surface area contributed by atoms with Gasteiger partial charge in [0, 0.05) is 19.1 Å². The zero-order valence-corrected chi connectivity index (χ0v) is 20.5. The molecule has 0 aliphatic heterocycles. The fourth-order valence-corrected chi connectivity index (χ4v) is 5.50. The molecule has 1 saturated carbocycles. The van der Waals surface area contributed by atoms with Gasteiger partial charge in [-0.1, -0.05) is 32.0 Å². The molecule has 0 bridgehead atoms. The number of aromatic nitrogens is 2. The minimum Gasteiger partial charge on any atom is -0.363 e. The number of sulfone groups is 1. The van der Waals surface area contributed by atoms with Crippen molar-refractivity contribution in [3.8, 4) is 0 Å². The second-order valence-corrected chi connectivity index (χ2v) is 11.0. The summed E-state index contributed by atoms with van der Waals surface area (Å²) in [5, 5.41) is 3.63. The zero-order valence-electron chi connectivity index (χ0n) is 18.9. The van der Waals surface area contributed by atoms with Crippen LogP contribution in [0.15, 0.2) is 35.6 Å². The molecular formula is C22H29F3N4O2S2. The molecule has 11 heteroatoms. The summed E-state index contributed by atoms with van der Waals surface area (Å²) >= 11 is 5.50. The Kier molecular flexibility index (Phi) is 7.73. The van der Waals surface area contributed by atoms with Gasteiger partial charge in [0.15, 0.2) is 5.11 Å². The summed E-state index contributed by atoms with van der Waals surface area (Å²) in [6, 6.07) is 4.43. The highest BCUT2D eigenvalue weighted by Crippen LogP contribution is 2.39. The molecule has 0 amide bonds. The molecule has 0 spiro atoms. The van der Waals surface area contributed by atoms with Crippen LogP contribution in [0.2, 0.25) is 0 Å². The highest BCUT2D eigenvalue weighted by Gasteiger charge is 2.35. The molecule has 1 aliphatic rings. The second-order valence-electron chi connectivity index (χ2n) is 8.70. The monoisotopic (exact) mass is 502 g/mol. The molecule has 1 N–H and O–H groups in total. The Balaban J connectivity index is 1.91. The van der Waals surface area contributed by atoms with E-state index in [1.165, 1.54) is 12.1 Å². The number of benzene rings is 1. The van der Waals surface area contributed by atoms with E-state index in [9.17, 15) is 21.6 Å². The van der Waals surface area contributed by atoms with Gasteiger partial charge >= 0.3 is 6.18 Å². The van der Waals surface area contributed by atoms with E-state index in [0.29, 0.717) is 30.7 Å². The molecule has 0 radical (unpaired) electrons. The molecular weight excluding hydrogens is 473 g/mol. The molecule has 0 saturated heterocycles. The van der Waals surface area contributed by atoms with Gasteiger partial charge in [-0.2, -0.15) is 13.2 Å². The Morgan fingerprint density at radius 1 is 1.33 bits per heavy atom. The fraction of sp³-hybridized carbons (Fsp3) is 0.545. The average Bonchev–Trinajstić information content (AvgIpc) is 3.46. The third kappa shape index (κ3) is 6.47. The molecule has 1 fully saturated rings. The van der Waals surface area contributed by atoms with Crippen molar-refractivity contribution in [3.63, 3.8) is 0 Å². The summed E-state index contributed by atoms with van der Waals surface area (Å²) in [7, 11) is -3.96. The highest BCUT2D eigenvalue weighted by atomic mass is 32.2. The van der Waals surface area contributed by atoms with Crippen LogP contribution in [-0.2, 0) is 28.3 Å². The molecule has 182 valence electrons. The van der Waals surface area contributed by atoms with E-state index in [4.69, 9.17) is 12.2 Å². The van der Waals surface area contributed by atoms with Crippen LogP contribution in [0.5, 0.6) is 0 Å². The van der Waals surface area contributed by atoms with Crippen molar-refractivity contribution in [2.24, 2.45) is 5.92 Å². The van der Waals surface area contributed by atoms with Crippen LogP contribution in [0.1, 0.15) is 56.5 Å². The van der Waals surface area contributed by atoms with Gasteiger partial charge in [0.1, 0.15) is 0 Å². The maximum absolute atomic E-state index is 13.2. The van der Waals surface area contributed by atoms with Crippen LogP contribution in [0, 0.1) is 5.92 Å². The molecule has 0 unspecified atom stereocenters. The lowest BCUT2D eigenvalue weighted by Crippen LogP contribution is -2.41. The fourth-order valence-electron chi connectivity index (χ4n) is 3.69. The van der Waals surface area contributed by atoms with Crippen molar-refractivity contribution in [2.75, 3.05) is 13.1 Å². The molecule has 0 atom stereocenters. The number of nitrogens with one attached hydrogen (secondary N) is 1. The lowest BCUT2D eigenvalue weighted by molar-refractivity contribution is -0.137. The van der Waals surface area contributed by atoms with E-state index in [-0.39, 0.29) is 16.8 Å². The van der Waals surface area contributed by atoms with E-state index >= 15 is 0 Å². The van der Waals surface area contributed by atoms with Gasteiger partial charge in [0.2, 0.25) is 15.0 Å². The van der Waals surface area contributed by atoms with E-state index in [1.54, 1.807) is 10.8 Å². The maximum atomic E-state index is 13.2. The van der Waals surface area contributed by atoms with E-state index in [1.807, 2.05) is 11.8 Å². The number of thiocarbonyl (C=S) groups is 1. The topological polar surface area (TPSA) is 67.2 Å². The minimum atomic E-state index is -4.54.